The van der Waals surface area contributed by atoms with Crippen LogP contribution < -0.4 is 4.74 Å². The molecule has 7 nitrogen and oxygen atoms in total. The van der Waals surface area contributed by atoms with Crippen molar-refractivity contribution in [3.05, 3.63) is 30.3 Å². The van der Waals surface area contributed by atoms with Gasteiger partial charge in [0.05, 0.1) is 6.54 Å². The Balaban J connectivity index is 1.94. The first-order valence-electron chi connectivity index (χ1n) is 5.66. The Morgan fingerprint density at radius 3 is 2.47 bits per heavy atom. The fourth-order valence-corrected chi connectivity index (χ4v) is 1.30. The van der Waals surface area contributed by atoms with Gasteiger partial charge in [-0.05, 0) is 0 Å². The monoisotopic (exact) mass is 256 g/mol. The van der Waals surface area contributed by atoms with Crippen molar-refractivity contribution in [2.24, 2.45) is 0 Å². The van der Waals surface area contributed by atoms with E-state index in [-0.39, 0.29) is 6.01 Å². The van der Waals surface area contributed by atoms with E-state index in [9.17, 15) is 0 Å². The van der Waals surface area contributed by atoms with Crippen LogP contribution in [0, 0.1) is 11.5 Å². The molecule has 0 amide bonds. The molecule has 0 N–H and O–H groups in total. The highest BCUT2D eigenvalue weighted by Crippen LogP contribution is 2.11. The molecule has 0 unspecified atom stereocenters. The van der Waals surface area contributed by atoms with Gasteiger partial charge in [0.15, 0.2) is 6.19 Å². The van der Waals surface area contributed by atoms with E-state index in [4.69, 9.17) is 10.00 Å². The maximum Gasteiger partial charge on any atom is 0.355 e. The molecule has 96 valence electrons. The van der Waals surface area contributed by atoms with E-state index in [1.54, 1.807) is 7.05 Å². The smallest absolute Gasteiger partial charge is 0.355 e. The Kier molecular flexibility index (Phi) is 4.18. The number of hydrogen-bond acceptors (Lipinski definition) is 7. The molecule has 0 aliphatic heterocycles. The fourth-order valence-electron chi connectivity index (χ4n) is 1.30. The molecule has 0 bridgehead atoms. The maximum atomic E-state index is 8.56. The third kappa shape index (κ3) is 3.61. The molecule has 1 aromatic carbocycles. The normalized spacial score (nSPS) is 9.68. The molecule has 0 fully saturated rings. The summed E-state index contributed by atoms with van der Waals surface area (Å²) in [5.74, 6) is 0.446. The molecule has 2 aromatic rings. The molecule has 0 saturated heterocycles. The number of nitriles is 1. The summed E-state index contributed by atoms with van der Waals surface area (Å²) >= 11 is 0. The van der Waals surface area contributed by atoms with E-state index in [1.807, 2.05) is 36.5 Å². The van der Waals surface area contributed by atoms with Gasteiger partial charge in [-0.25, -0.2) is 0 Å². The van der Waals surface area contributed by atoms with Gasteiger partial charge in [0.2, 0.25) is 5.82 Å². The van der Waals surface area contributed by atoms with Crippen molar-refractivity contribution in [2.75, 3.05) is 20.2 Å². The Morgan fingerprint density at radius 2 is 1.84 bits per heavy atom. The topological polar surface area (TPSA) is 87.8 Å². The molecule has 0 aliphatic rings. The highest BCUT2D eigenvalue weighted by Gasteiger charge is 2.04. The van der Waals surface area contributed by atoms with Crippen molar-refractivity contribution in [1.29, 1.82) is 5.26 Å². The Bertz CT molecular complexity index is 551. The molecule has 19 heavy (non-hydrogen) atoms. The summed E-state index contributed by atoms with van der Waals surface area (Å²) in [7, 11) is 1.67. The second-order valence-electron chi connectivity index (χ2n) is 3.74. The van der Waals surface area contributed by atoms with Crippen LogP contribution >= 0.6 is 0 Å². The molecule has 0 saturated carbocycles. The van der Waals surface area contributed by atoms with Gasteiger partial charge in [-0.15, -0.1) is 10.2 Å². The zero-order valence-electron chi connectivity index (χ0n) is 10.4. The van der Waals surface area contributed by atoms with Crippen LogP contribution in [0.4, 0.5) is 0 Å². The molecular weight excluding hydrogens is 244 g/mol. The Hall–Kier alpha value is -2.75. The number of aromatic nitrogens is 4. The standard InChI is InChI=1S/C12H12N6O/c1-18(9-13)7-8-19-12-16-14-11(15-17-12)10-5-3-2-4-6-10/h2-6H,7-8H2,1H3. The summed E-state index contributed by atoms with van der Waals surface area (Å²) in [4.78, 5) is 1.44. The molecule has 0 spiro atoms. The van der Waals surface area contributed by atoms with Crippen LogP contribution in [-0.2, 0) is 0 Å². The second-order valence-corrected chi connectivity index (χ2v) is 3.74. The summed E-state index contributed by atoms with van der Waals surface area (Å²) in [6.07, 6.45) is 1.96. The SMILES string of the molecule is CN(C#N)CCOc1nnc(-c2ccccc2)nn1. The average Bonchev–Trinajstić information content (AvgIpc) is 2.48. The van der Waals surface area contributed by atoms with Crippen LogP contribution in [0.15, 0.2) is 30.3 Å². The first-order valence-corrected chi connectivity index (χ1v) is 5.66. The van der Waals surface area contributed by atoms with Crippen molar-refractivity contribution in [1.82, 2.24) is 25.3 Å². The minimum atomic E-state index is 0.103. The molecule has 7 heteroatoms. The van der Waals surface area contributed by atoms with Crippen LogP contribution in [0.5, 0.6) is 6.01 Å². The maximum absolute atomic E-state index is 8.56. The number of likely N-dealkylation sites (N-methyl/N-ethyl adjacent to an activating group) is 1. The number of ether oxygens (including phenoxy) is 1. The van der Waals surface area contributed by atoms with Gasteiger partial charge in [-0.2, -0.15) is 5.26 Å². The molecule has 1 aromatic heterocycles. The predicted molar refractivity (Wildman–Crippen MR) is 66.8 cm³/mol. The zero-order valence-corrected chi connectivity index (χ0v) is 10.4. The van der Waals surface area contributed by atoms with Gasteiger partial charge in [-0.1, -0.05) is 40.5 Å². The summed E-state index contributed by atoms with van der Waals surface area (Å²) in [5, 5.41) is 24.1. The van der Waals surface area contributed by atoms with Crippen molar-refractivity contribution in [3.8, 4) is 23.6 Å². The summed E-state index contributed by atoms with van der Waals surface area (Å²) in [6, 6.07) is 9.54. The second kappa shape index (κ2) is 6.26. The quantitative estimate of drug-likeness (QED) is 0.575. The van der Waals surface area contributed by atoms with Crippen molar-refractivity contribution < 1.29 is 4.74 Å². The van der Waals surface area contributed by atoms with E-state index >= 15 is 0 Å². The van der Waals surface area contributed by atoms with E-state index in [0.717, 1.165) is 5.56 Å². The van der Waals surface area contributed by atoms with E-state index in [0.29, 0.717) is 19.0 Å². The van der Waals surface area contributed by atoms with Crippen molar-refractivity contribution >= 4 is 0 Å². The summed E-state index contributed by atoms with van der Waals surface area (Å²) in [5.41, 5.74) is 0.846. The first-order chi connectivity index (χ1) is 9.29. The molecular formula is C12H12N6O. The predicted octanol–water partition coefficient (Wildman–Crippen LogP) is 0.725. The van der Waals surface area contributed by atoms with Gasteiger partial charge in [0.1, 0.15) is 6.61 Å². The lowest BCUT2D eigenvalue weighted by Crippen LogP contribution is -2.20. The molecule has 0 aliphatic carbocycles. The van der Waals surface area contributed by atoms with Gasteiger partial charge in [0.25, 0.3) is 0 Å². The van der Waals surface area contributed by atoms with Crippen molar-refractivity contribution in [3.63, 3.8) is 0 Å². The largest absolute Gasteiger partial charge is 0.459 e. The molecule has 0 radical (unpaired) electrons. The van der Waals surface area contributed by atoms with Crippen molar-refractivity contribution in [2.45, 2.75) is 0 Å². The first kappa shape index (κ1) is 12.7. The number of nitrogens with zero attached hydrogens (tertiary/aromatic N) is 6. The lowest BCUT2D eigenvalue weighted by molar-refractivity contribution is 0.253. The van der Waals surface area contributed by atoms with Crippen LogP contribution in [0.25, 0.3) is 11.4 Å². The minimum absolute atomic E-state index is 0.103. The number of hydrogen-bond donors (Lipinski definition) is 0. The summed E-state index contributed by atoms with van der Waals surface area (Å²) < 4.78 is 5.23. The number of rotatable bonds is 5. The van der Waals surface area contributed by atoms with Gasteiger partial charge in [0, 0.05) is 12.6 Å². The third-order valence-electron chi connectivity index (χ3n) is 2.32. The van der Waals surface area contributed by atoms with E-state index in [2.05, 4.69) is 20.4 Å². The van der Waals surface area contributed by atoms with Gasteiger partial charge in [-0.3, -0.25) is 0 Å². The number of benzene rings is 1. The average molecular weight is 256 g/mol. The van der Waals surface area contributed by atoms with E-state index in [1.165, 1.54) is 4.90 Å². The zero-order chi connectivity index (χ0) is 13.5. The van der Waals surface area contributed by atoms with Gasteiger partial charge < -0.3 is 9.64 Å². The van der Waals surface area contributed by atoms with Crippen LogP contribution in [0.1, 0.15) is 0 Å². The highest BCUT2D eigenvalue weighted by atomic mass is 16.5. The molecule has 2 rings (SSSR count). The van der Waals surface area contributed by atoms with Crippen LogP contribution in [0.3, 0.4) is 0 Å². The lowest BCUT2D eigenvalue weighted by atomic mass is 10.2. The van der Waals surface area contributed by atoms with E-state index < -0.39 is 0 Å². The molecule has 0 atom stereocenters. The Labute approximate surface area is 110 Å². The van der Waals surface area contributed by atoms with Gasteiger partial charge >= 0.3 is 6.01 Å². The summed E-state index contributed by atoms with van der Waals surface area (Å²) in [6.45, 7) is 0.762. The lowest BCUT2D eigenvalue weighted by Gasteiger charge is -2.08. The minimum Gasteiger partial charge on any atom is -0.459 e. The third-order valence-corrected chi connectivity index (χ3v) is 2.32. The fraction of sp³-hybridized carbons (Fsp3) is 0.250. The highest BCUT2D eigenvalue weighted by molar-refractivity contribution is 5.52. The van der Waals surface area contributed by atoms with Crippen LogP contribution in [-0.4, -0.2) is 45.5 Å². The molecule has 1 heterocycles. The van der Waals surface area contributed by atoms with Crippen LogP contribution in [0.2, 0.25) is 0 Å². The Morgan fingerprint density at radius 1 is 1.16 bits per heavy atom.